The Labute approximate surface area is 219 Å². The summed E-state index contributed by atoms with van der Waals surface area (Å²) in [5, 5.41) is 3.30. The molecule has 1 atom stereocenters. The molecule has 2 amide bonds. The summed E-state index contributed by atoms with van der Waals surface area (Å²) in [5.41, 5.74) is 2.94. The lowest BCUT2D eigenvalue weighted by molar-refractivity contribution is -0.132. The molecule has 2 aliphatic heterocycles. The Morgan fingerprint density at radius 1 is 0.886 bits per heavy atom. The molecule has 3 aromatic rings. The number of hydrogen-bond donors (Lipinski definition) is 0. The van der Waals surface area contributed by atoms with E-state index in [0.29, 0.717) is 48.3 Å². The summed E-state index contributed by atoms with van der Waals surface area (Å²) < 4.78 is 0. The summed E-state index contributed by atoms with van der Waals surface area (Å²) in [6, 6.07) is 17.3. The number of rotatable bonds is 4. The van der Waals surface area contributed by atoms with E-state index in [1.807, 2.05) is 34.1 Å². The van der Waals surface area contributed by atoms with Crippen LogP contribution in [0.15, 0.2) is 60.0 Å². The third kappa shape index (κ3) is 5.26. The fourth-order valence-electron chi connectivity index (χ4n) is 5.02. The number of amides is 2. The second-order valence-corrected chi connectivity index (χ2v) is 10.8. The molecule has 5 rings (SSSR count). The molecule has 3 heterocycles. The lowest BCUT2D eigenvalue weighted by atomic mass is 9.93. The maximum absolute atomic E-state index is 13.4. The van der Waals surface area contributed by atoms with Crippen LogP contribution in [0.1, 0.15) is 38.8 Å². The summed E-state index contributed by atoms with van der Waals surface area (Å²) in [6.45, 7) is 3.47. The van der Waals surface area contributed by atoms with Crippen molar-refractivity contribution < 1.29 is 9.59 Å². The van der Waals surface area contributed by atoms with Gasteiger partial charge < -0.3 is 9.80 Å². The molecule has 8 heteroatoms. The third-order valence-electron chi connectivity index (χ3n) is 6.83. The normalized spacial score (nSPS) is 18.7. The van der Waals surface area contributed by atoms with E-state index in [-0.39, 0.29) is 17.9 Å². The Hall–Kier alpha value is -2.38. The van der Waals surface area contributed by atoms with Crippen LogP contribution in [0.25, 0.3) is 0 Å². The first kappa shape index (κ1) is 24.3. The van der Waals surface area contributed by atoms with Gasteiger partial charge in [0.15, 0.2) is 0 Å². The number of fused-ring (bicyclic) bond motifs is 1. The Morgan fingerprint density at radius 2 is 1.63 bits per heavy atom. The topological polar surface area (TPSA) is 43.9 Å². The molecule has 0 bridgehead atoms. The molecule has 182 valence electrons. The minimum Gasteiger partial charge on any atom is -0.340 e. The fourth-order valence-corrected chi connectivity index (χ4v) is 6.27. The van der Waals surface area contributed by atoms with Crippen molar-refractivity contribution in [3.05, 3.63) is 91.6 Å². The van der Waals surface area contributed by atoms with E-state index in [9.17, 15) is 9.59 Å². The maximum atomic E-state index is 13.4. The SMILES string of the molecule is O=C(CN1CCc2sccc2[C@@H]1c1ccc(Cl)cc1)N1CCCN(C(=O)c2ccccc2Cl)CC1. The molecule has 0 N–H and O–H groups in total. The summed E-state index contributed by atoms with van der Waals surface area (Å²) in [6.07, 6.45) is 1.70. The Morgan fingerprint density at radius 3 is 2.43 bits per heavy atom. The van der Waals surface area contributed by atoms with Gasteiger partial charge >= 0.3 is 0 Å². The Bertz CT molecular complexity index is 1210. The molecule has 2 aromatic carbocycles. The van der Waals surface area contributed by atoms with Crippen LogP contribution < -0.4 is 0 Å². The van der Waals surface area contributed by atoms with Gasteiger partial charge in [-0.3, -0.25) is 14.5 Å². The van der Waals surface area contributed by atoms with Crippen molar-refractivity contribution in [2.45, 2.75) is 18.9 Å². The second-order valence-electron chi connectivity index (χ2n) is 8.98. The number of carbonyl (C=O) groups is 2. The second kappa shape index (κ2) is 10.7. The van der Waals surface area contributed by atoms with Gasteiger partial charge in [0.25, 0.3) is 5.91 Å². The van der Waals surface area contributed by atoms with Gasteiger partial charge in [-0.2, -0.15) is 0 Å². The van der Waals surface area contributed by atoms with Crippen molar-refractivity contribution >= 4 is 46.4 Å². The molecule has 1 saturated heterocycles. The molecule has 5 nitrogen and oxygen atoms in total. The highest BCUT2D eigenvalue weighted by molar-refractivity contribution is 7.10. The van der Waals surface area contributed by atoms with Crippen LogP contribution in [0.4, 0.5) is 0 Å². The van der Waals surface area contributed by atoms with Gasteiger partial charge in [-0.25, -0.2) is 0 Å². The van der Waals surface area contributed by atoms with E-state index < -0.39 is 0 Å². The predicted molar refractivity (Wildman–Crippen MR) is 141 cm³/mol. The van der Waals surface area contributed by atoms with Gasteiger partial charge in [0, 0.05) is 42.6 Å². The third-order valence-corrected chi connectivity index (χ3v) is 8.41. The van der Waals surface area contributed by atoms with Crippen LogP contribution in [0, 0.1) is 0 Å². The zero-order valence-corrected chi connectivity index (χ0v) is 21.7. The first-order chi connectivity index (χ1) is 17.0. The van der Waals surface area contributed by atoms with Crippen LogP contribution in [-0.2, 0) is 11.2 Å². The molecular formula is C27H27Cl2N3O2S. The monoisotopic (exact) mass is 527 g/mol. The predicted octanol–water partition coefficient (Wildman–Crippen LogP) is 5.38. The summed E-state index contributed by atoms with van der Waals surface area (Å²) in [7, 11) is 0. The van der Waals surface area contributed by atoms with Crippen LogP contribution in [0.3, 0.4) is 0 Å². The van der Waals surface area contributed by atoms with Crippen molar-refractivity contribution in [1.82, 2.24) is 14.7 Å². The van der Waals surface area contributed by atoms with E-state index in [2.05, 4.69) is 28.5 Å². The van der Waals surface area contributed by atoms with Crippen molar-refractivity contribution in [1.29, 1.82) is 0 Å². The number of halogens is 2. The van der Waals surface area contributed by atoms with Gasteiger partial charge in [-0.1, -0.05) is 47.5 Å². The molecule has 0 aliphatic carbocycles. The number of benzene rings is 2. The molecule has 0 spiro atoms. The van der Waals surface area contributed by atoms with Crippen LogP contribution in [-0.4, -0.2) is 65.8 Å². The highest BCUT2D eigenvalue weighted by atomic mass is 35.5. The van der Waals surface area contributed by atoms with E-state index in [1.165, 1.54) is 10.4 Å². The fraction of sp³-hybridized carbons (Fsp3) is 0.333. The van der Waals surface area contributed by atoms with Crippen molar-refractivity contribution in [3.8, 4) is 0 Å². The number of thiophene rings is 1. The van der Waals surface area contributed by atoms with E-state index >= 15 is 0 Å². The van der Waals surface area contributed by atoms with Crippen molar-refractivity contribution in [2.24, 2.45) is 0 Å². The Balaban J connectivity index is 1.28. The van der Waals surface area contributed by atoms with Gasteiger partial charge in [0.05, 0.1) is 23.2 Å². The van der Waals surface area contributed by atoms with Crippen molar-refractivity contribution in [3.63, 3.8) is 0 Å². The number of carbonyl (C=O) groups excluding carboxylic acids is 2. The highest BCUT2D eigenvalue weighted by Crippen LogP contribution is 2.38. The van der Waals surface area contributed by atoms with Gasteiger partial charge in [0.2, 0.25) is 5.91 Å². The van der Waals surface area contributed by atoms with E-state index in [1.54, 1.807) is 23.5 Å². The van der Waals surface area contributed by atoms with Crippen molar-refractivity contribution in [2.75, 3.05) is 39.3 Å². The molecule has 0 radical (unpaired) electrons. The molecule has 1 aromatic heterocycles. The van der Waals surface area contributed by atoms with E-state index in [4.69, 9.17) is 23.2 Å². The molecule has 35 heavy (non-hydrogen) atoms. The average Bonchev–Trinajstić information content (AvgIpc) is 3.20. The molecule has 0 unspecified atom stereocenters. The quantitative estimate of drug-likeness (QED) is 0.457. The molecule has 2 aliphatic rings. The van der Waals surface area contributed by atoms with Crippen LogP contribution in [0.2, 0.25) is 10.0 Å². The molecule has 1 fully saturated rings. The average molecular weight is 529 g/mol. The zero-order chi connectivity index (χ0) is 24.4. The lowest BCUT2D eigenvalue weighted by Gasteiger charge is -2.37. The smallest absolute Gasteiger partial charge is 0.255 e. The molecule has 0 saturated carbocycles. The largest absolute Gasteiger partial charge is 0.340 e. The summed E-state index contributed by atoms with van der Waals surface area (Å²) in [4.78, 5) is 33.8. The first-order valence-corrected chi connectivity index (χ1v) is 13.5. The first-order valence-electron chi connectivity index (χ1n) is 11.9. The minimum atomic E-state index is -0.0753. The number of nitrogens with zero attached hydrogens (tertiary/aromatic N) is 3. The standard InChI is InChI=1S/C27H27Cl2N3O2S/c28-20-8-6-19(7-9-20)26-22-11-17-35-24(22)10-14-32(26)18-25(33)30-12-3-13-31(16-15-30)27(34)21-4-1-2-5-23(21)29/h1-2,4-9,11,17,26H,3,10,12-16,18H2/t26-/m0/s1. The lowest BCUT2D eigenvalue weighted by Crippen LogP contribution is -2.45. The summed E-state index contributed by atoms with van der Waals surface area (Å²) in [5.74, 6) is 0.0309. The number of hydrogen-bond acceptors (Lipinski definition) is 4. The van der Waals surface area contributed by atoms with Gasteiger partial charge in [-0.15, -0.1) is 11.3 Å². The summed E-state index contributed by atoms with van der Waals surface area (Å²) >= 11 is 14.2. The highest BCUT2D eigenvalue weighted by Gasteiger charge is 2.32. The minimum absolute atomic E-state index is 0.0384. The van der Waals surface area contributed by atoms with Crippen LogP contribution >= 0.6 is 34.5 Å². The molecular weight excluding hydrogens is 501 g/mol. The Kier molecular flexibility index (Phi) is 7.44. The van der Waals surface area contributed by atoms with Gasteiger partial charge in [-0.05, 0) is 59.7 Å². The van der Waals surface area contributed by atoms with E-state index in [0.717, 1.165) is 24.9 Å². The van der Waals surface area contributed by atoms with Crippen LogP contribution in [0.5, 0.6) is 0 Å². The zero-order valence-electron chi connectivity index (χ0n) is 19.3. The van der Waals surface area contributed by atoms with Gasteiger partial charge in [0.1, 0.15) is 0 Å². The maximum Gasteiger partial charge on any atom is 0.255 e.